The summed E-state index contributed by atoms with van der Waals surface area (Å²) in [4.78, 5) is 10.8. The molecule has 0 radical (unpaired) electrons. The Morgan fingerprint density at radius 1 is 1.29 bits per heavy atom. The predicted molar refractivity (Wildman–Crippen MR) is 71.0 cm³/mol. The maximum absolute atomic E-state index is 10.8. The van der Waals surface area contributed by atoms with E-state index >= 15 is 0 Å². The summed E-state index contributed by atoms with van der Waals surface area (Å²) in [7, 11) is 0. The number of hydrogen-bond acceptors (Lipinski definition) is 1. The van der Waals surface area contributed by atoms with Gasteiger partial charge in [0.1, 0.15) is 6.29 Å². The minimum absolute atomic E-state index is 0.417. The SMILES string of the molecule is CC1(C)CC[C@@H](CC=O)[C@H](c2ccccc2)C1. The number of rotatable bonds is 3. The van der Waals surface area contributed by atoms with Crippen LogP contribution in [0.1, 0.15) is 51.0 Å². The van der Waals surface area contributed by atoms with Crippen LogP contribution in [0.15, 0.2) is 30.3 Å². The molecule has 0 saturated heterocycles. The van der Waals surface area contributed by atoms with E-state index in [9.17, 15) is 4.79 Å². The first-order valence-electron chi connectivity index (χ1n) is 6.61. The fourth-order valence-electron chi connectivity index (χ4n) is 3.14. The van der Waals surface area contributed by atoms with E-state index in [-0.39, 0.29) is 0 Å². The van der Waals surface area contributed by atoms with Crippen LogP contribution in [0.4, 0.5) is 0 Å². The summed E-state index contributed by atoms with van der Waals surface area (Å²) in [5.74, 6) is 1.10. The van der Waals surface area contributed by atoms with E-state index in [4.69, 9.17) is 0 Å². The zero-order chi connectivity index (χ0) is 12.3. The lowest BCUT2D eigenvalue weighted by Gasteiger charge is -2.40. The molecule has 1 nitrogen and oxygen atoms in total. The Morgan fingerprint density at radius 3 is 2.65 bits per heavy atom. The fourth-order valence-corrected chi connectivity index (χ4v) is 3.14. The molecule has 0 bridgehead atoms. The number of aldehydes is 1. The number of carbonyl (C=O) groups is 1. The summed E-state index contributed by atoms with van der Waals surface area (Å²) >= 11 is 0. The molecule has 0 spiro atoms. The first kappa shape index (κ1) is 12.3. The monoisotopic (exact) mass is 230 g/mol. The molecule has 2 atom stereocenters. The van der Waals surface area contributed by atoms with Gasteiger partial charge in [-0.1, -0.05) is 44.2 Å². The van der Waals surface area contributed by atoms with E-state index in [0.717, 1.165) is 12.7 Å². The molecule has 1 fully saturated rings. The van der Waals surface area contributed by atoms with E-state index in [1.165, 1.54) is 24.8 Å². The lowest BCUT2D eigenvalue weighted by Crippen LogP contribution is -2.28. The zero-order valence-corrected chi connectivity index (χ0v) is 10.9. The molecule has 1 aliphatic carbocycles. The normalized spacial score (nSPS) is 27.6. The highest BCUT2D eigenvalue weighted by Gasteiger charge is 2.35. The van der Waals surface area contributed by atoms with Crippen LogP contribution in [-0.2, 0) is 4.79 Å². The van der Waals surface area contributed by atoms with Gasteiger partial charge >= 0.3 is 0 Å². The molecule has 0 unspecified atom stereocenters. The minimum atomic E-state index is 0.417. The lowest BCUT2D eigenvalue weighted by atomic mass is 9.64. The molecule has 2 rings (SSSR count). The van der Waals surface area contributed by atoms with E-state index in [2.05, 4.69) is 44.2 Å². The van der Waals surface area contributed by atoms with Crippen molar-refractivity contribution < 1.29 is 4.79 Å². The topological polar surface area (TPSA) is 17.1 Å². The molecule has 92 valence electrons. The minimum Gasteiger partial charge on any atom is -0.303 e. The highest BCUT2D eigenvalue weighted by molar-refractivity contribution is 5.50. The van der Waals surface area contributed by atoms with Gasteiger partial charge in [0.15, 0.2) is 0 Å². The molecule has 17 heavy (non-hydrogen) atoms. The molecule has 0 heterocycles. The quantitative estimate of drug-likeness (QED) is 0.712. The van der Waals surface area contributed by atoms with Gasteiger partial charge in [-0.25, -0.2) is 0 Å². The Hall–Kier alpha value is -1.11. The van der Waals surface area contributed by atoms with E-state index < -0.39 is 0 Å². The Bertz CT molecular complexity index is 366. The molecule has 1 heteroatoms. The van der Waals surface area contributed by atoms with Crippen molar-refractivity contribution in [2.75, 3.05) is 0 Å². The van der Waals surface area contributed by atoms with Crippen molar-refractivity contribution in [1.82, 2.24) is 0 Å². The van der Waals surface area contributed by atoms with Crippen LogP contribution in [0.5, 0.6) is 0 Å². The Labute approximate surface area is 104 Å². The highest BCUT2D eigenvalue weighted by Crippen LogP contribution is 2.47. The van der Waals surface area contributed by atoms with Gasteiger partial charge in [-0.2, -0.15) is 0 Å². The van der Waals surface area contributed by atoms with Gasteiger partial charge in [-0.3, -0.25) is 0 Å². The largest absolute Gasteiger partial charge is 0.303 e. The Balaban J connectivity index is 2.22. The number of carbonyl (C=O) groups excluding carboxylic acids is 1. The summed E-state index contributed by atoms with van der Waals surface area (Å²) in [6, 6.07) is 10.7. The summed E-state index contributed by atoms with van der Waals surface area (Å²) in [5, 5.41) is 0. The summed E-state index contributed by atoms with van der Waals surface area (Å²) in [6.45, 7) is 4.69. The van der Waals surface area contributed by atoms with Crippen LogP contribution in [0, 0.1) is 11.3 Å². The molecule has 0 amide bonds. The van der Waals surface area contributed by atoms with Crippen molar-refractivity contribution >= 4 is 6.29 Å². The zero-order valence-electron chi connectivity index (χ0n) is 10.9. The number of benzene rings is 1. The first-order valence-corrected chi connectivity index (χ1v) is 6.61. The third-order valence-corrected chi connectivity index (χ3v) is 4.16. The molecule has 1 aromatic rings. The second-order valence-electron chi connectivity index (χ2n) is 6.09. The predicted octanol–water partition coefficient (Wildman–Crippen LogP) is 4.19. The van der Waals surface area contributed by atoms with Crippen LogP contribution < -0.4 is 0 Å². The molecule has 1 aromatic carbocycles. The molecule has 0 aliphatic heterocycles. The highest BCUT2D eigenvalue weighted by atomic mass is 16.1. The summed E-state index contributed by atoms with van der Waals surface area (Å²) < 4.78 is 0. The maximum atomic E-state index is 10.8. The van der Waals surface area contributed by atoms with Crippen molar-refractivity contribution in [3.8, 4) is 0 Å². The van der Waals surface area contributed by atoms with E-state index in [1.54, 1.807) is 0 Å². The van der Waals surface area contributed by atoms with Crippen molar-refractivity contribution in [3.63, 3.8) is 0 Å². The first-order chi connectivity index (χ1) is 8.12. The Morgan fingerprint density at radius 2 is 2.00 bits per heavy atom. The molecule has 1 saturated carbocycles. The van der Waals surface area contributed by atoms with Gasteiger partial charge in [0.05, 0.1) is 0 Å². The van der Waals surface area contributed by atoms with Crippen molar-refractivity contribution in [2.24, 2.45) is 11.3 Å². The van der Waals surface area contributed by atoms with Crippen LogP contribution in [0.2, 0.25) is 0 Å². The fraction of sp³-hybridized carbons (Fsp3) is 0.562. The van der Waals surface area contributed by atoms with Crippen molar-refractivity contribution in [1.29, 1.82) is 0 Å². The van der Waals surface area contributed by atoms with Crippen LogP contribution in [0.25, 0.3) is 0 Å². The van der Waals surface area contributed by atoms with Crippen molar-refractivity contribution in [3.05, 3.63) is 35.9 Å². The Kier molecular flexibility index (Phi) is 3.66. The second-order valence-corrected chi connectivity index (χ2v) is 6.09. The number of hydrogen-bond donors (Lipinski definition) is 0. The average molecular weight is 230 g/mol. The lowest BCUT2D eigenvalue weighted by molar-refractivity contribution is -0.109. The van der Waals surface area contributed by atoms with Gasteiger partial charge < -0.3 is 4.79 Å². The maximum Gasteiger partial charge on any atom is 0.120 e. The summed E-state index contributed by atoms with van der Waals surface area (Å²) in [6.07, 6.45) is 5.45. The second kappa shape index (κ2) is 5.03. The van der Waals surface area contributed by atoms with Gasteiger partial charge in [0, 0.05) is 6.42 Å². The molecular formula is C16H22O. The smallest absolute Gasteiger partial charge is 0.120 e. The van der Waals surface area contributed by atoms with Crippen LogP contribution in [0.3, 0.4) is 0 Å². The third-order valence-electron chi connectivity index (χ3n) is 4.16. The van der Waals surface area contributed by atoms with Crippen LogP contribution in [-0.4, -0.2) is 6.29 Å². The third kappa shape index (κ3) is 2.96. The summed E-state index contributed by atoms with van der Waals surface area (Å²) in [5.41, 5.74) is 1.83. The standard InChI is InChI=1S/C16H22O/c1-16(2)10-8-14(9-11-17)15(12-16)13-6-4-3-5-7-13/h3-7,11,14-15H,8-10,12H2,1-2H3/t14-,15-/m0/s1. The van der Waals surface area contributed by atoms with Crippen LogP contribution >= 0.6 is 0 Å². The molecular weight excluding hydrogens is 208 g/mol. The molecule has 0 aromatic heterocycles. The van der Waals surface area contributed by atoms with E-state index in [0.29, 0.717) is 17.3 Å². The molecule has 1 aliphatic rings. The van der Waals surface area contributed by atoms with Gasteiger partial charge in [0.25, 0.3) is 0 Å². The van der Waals surface area contributed by atoms with Crippen molar-refractivity contribution in [2.45, 2.75) is 45.4 Å². The average Bonchev–Trinajstić information content (AvgIpc) is 2.32. The molecule has 0 N–H and O–H groups in total. The van der Waals surface area contributed by atoms with Gasteiger partial charge in [0.2, 0.25) is 0 Å². The van der Waals surface area contributed by atoms with Gasteiger partial charge in [-0.15, -0.1) is 0 Å². The van der Waals surface area contributed by atoms with Gasteiger partial charge in [-0.05, 0) is 42.1 Å². The van der Waals surface area contributed by atoms with E-state index in [1.807, 2.05) is 0 Å².